The van der Waals surface area contributed by atoms with Crippen molar-refractivity contribution in [2.45, 2.75) is 27.7 Å². The quantitative estimate of drug-likeness (QED) is 0.670. The largest absolute Gasteiger partial charge is 0.496 e. The third-order valence-electron chi connectivity index (χ3n) is 2.71. The van der Waals surface area contributed by atoms with E-state index in [0.29, 0.717) is 0 Å². The maximum absolute atomic E-state index is 5.28. The van der Waals surface area contributed by atoms with Gasteiger partial charge in [0, 0.05) is 5.56 Å². The second kappa shape index (κ2) is 5.05. The molecule has 86 valence electrons. The highest BCUT2D eigenvalue weighted by atomic mass is 16.5. The normalized spacial score (nSPS) is 10.6. The second-order valence-electron chi connectivity index (χ2n) is 4.91. The standard InChI is InChI=1S/C15H20O/c1-12(15(2,3)4)10-11-13-8-6-7-9-14(13)16-5/h6-9,11H,1-5H3. The van der Waals surface area contributed by atoms with Crippen molar-refractivity contribution in [3.63, 3.8) is 0 Å². The van der Waals surface area contributed by atoms with Crippen molar-refractivity contribution in [2.75, 3.05) is 7.11 Å². The zero-order valence-corrected chi connectivity index (χ0v) is 10.8. The van der Waals surface area contributed by atoms with Gasteiger partial charge in [0.05, 0.1) is 7.11 Å². The van der Waals surface area contributed by atoms with Gasteiger partial charge in [-0.15, -0.1) is 5.73 Å². The van der Waals surface area contributed by atoms with Crippen molar-refractivity contribution < 1.29 is 4.74 Å². The van der Waals surface area contributed by atoms with E-state index < -0.39 is 0 Å². The van der Waals surface area contributed by atoms with Crippen LogP contribution in [0.2, 0.25) is 0 Å². The lowest BCUT2D eigenvalue weighted by molar-refractivity contribution is 0.414. The van der Waals surface area contributed by atoms with Crippen LogP contribution in [0.4, 0.5) is 0 Å². The molecule has 0 unspecified atom stereocenters. The lowest BCUT2D eigenvalue weighted by Crippen LogP contribution is -2.04. The molecule has 0 atom stereocenters. The van der Waals surface area contributed by atoms with Crippen LogP contribution in [-0.2, 0) is 0 Å². The first-order valence-corrected chi connectivity index (χ1v) is 5.52. The van der Waals surface area contributed by atoms with Crippen molar-refractivity contribution >= 4 is 6.08 Å². The molecule has 0 bridgehead atoms. The number of benzene rings is 1. The molecule has 1 rings (SSSR count). The van der Waals surface area contributed by atoms with E-state index in [9.17, 15) is 0 Å². The highest BCUT2D eigenvalue weighted by Gasteiger charge is 2.11. The first-order valence-electron chi connectivity index (χ1n) is 5.52. The third-order valence-corrected chi connectivity index (χ3v) is 2.71. The van der Waals surface area contributed by atoms with E-state index in [2.05, 4.69) is 33.4 Å². The summed E-state index contributed by atoms with van der Waals surface area (Å²) in [4.78, 5) is 0. The number of para-hydroxylation sites is 1. The van der Waals surface area contributed by atoms with Crippen LogP contribution >= 0.6 is 0 Å². The van der Waals surface area contributed by atoms with E-state index in [0.717, 1.165) is 11.3 Å². The lowest BCUT2D eigenvalue weighted by atomic mass is 9.88. The van der Waals surface area contributed by atoms with Gasteiger partial charge in [-0.1, -0.05) is 39.0 Å². The molecule has 1 heteroatoms. The minimum atomic E-state index is 0.165. The zero-order valence-electron chi connectivity index (χ0n) is 10.8. The summed E-state index contributed by atoms with van der Waals surface area (Å²) in [5.41, 5.74) is 5.79. The molecule has 16 heavy (non-hydrogen) atoms. The topological polar surface area (TPSA) is 9.23 Å². The minimum absolute atomic E-state index is 0.165. The van der Waals surface area contributed by atoms with Crippen molar-refractivity contribution in [1.29, 1.82) is 0 Å². The monoisotopic (exact) mass is 216 g/mol. The molecule has 0 saturated carbocycles. The van der Waals surface area contributed by atoms with E-state index in [1.807, 2.05) is 30.3 Å². The number of ether oxygens (including phenoxy) is 1. The summed E-state index contributed by atoms with van der Waals surface area (Å²) < 4.78 is 5.28. The van der Waals surface area contributed by atoms with Crippen molar-refractivity contribution in [2.24, 2.45) is 5.41 Å². The Balaban J connectivity index is 3.09. The number of hydrogen-bond acceptors (Lipinski definition) is 1. The summed E-state index contributed by atoms with van der Waals surface area (Å²) in [5.74, 6) is 0.886. The smallest absolute Gasteiger partial charge is 0.126 e. The summed E-state index contributed by atoms with van der Waals surface area (Å²) in [5, 5.41) is 0. The number of hydrogen-bond donors (Lipinski definition) is 0. The Morgan fingerprint density at radius 3 is 2.44 bits per heavy atom. The van der Waals surface area contributed by atoms with Gasteiger partial charge in [-0.25, -0.2) is 0 Å². The van der Waals surface area contributed by atoms with E-state index in [4.69, 9.17) is 4.74 Å². The van der Waals surface area contributed by atoms with Gasteiger partial charge < -0.3 is 4.74 Å². The number of methoxy groups -OCH3 is 1. The fourth-order valence-corrected chi connectivity index (χ4v) is 1.19. The number of allylic oxidation sites excluding steroid dienone is 1. The van der Waals surface area contributed by atoms with Gasteiger partial charge in [0.2, 0.25) is 0 Å². The molecule has 0 saturated heterocycles. The summed E-state index contributed by atoms with van der Waals surface area (Å²) in [6, 6.07) is 7.96. The Labute approximate surface area is 98.5 Å². The van der Waals surface area contributed by atoms with E-state index >= 15 is 0 Å². The minimum Gasteiger partial charge on any atom is -0.496 e. The lowest BCUT2D eigenvalue weighted by Gasteiger charge is -2.16. The first kappa shape index (κ1) is 12.6. The molecule has 0 aliphatic carbocycles. The van der Waals surface area contributed by atoms with Crippen LogP contribution in [0.3, 0.4) is 0 Å². The highest BCUT2D eigenvalue weighted by Crippen LogP contribution is 2.24. The molecule has 0 heterocycles. The molecule has 1 nitrogen and oxygen atoms in total. The molecular formula is C15H20O. The third kappa shape index (κ3) is 3.29. The van der Waals surface area contributed by atoms with Crippen molar-refractivity contribution in [1.82, 2.24) is 0 Å². The molecule has 0 aromatic heterocycles. The molecule has 0 N–H and O–H groups in total. The average molecular weight is 216 g/mol. The van der Waals surface area contributed by atoms with Crippen LogP contribution in [0.5, 0.6) is 5.75 Å². The van der Waals surface area contributed by atoms with Gasteiger partial charge >= 0.3 is 0 Å². The molecular weight excluding hydrogens is 196 g/mol. The van der Waals surface area contributed by atoms with Gasteiger partial charge in [-0.05, 0) is 30.1 Å². The van der Waals surface area contributed by atoms with Crippen LogP contribution in [0.25, 0.3) is 6.08 Å². The Morgan fingerprint density at radius 1 is 1.25 bits per heavy atom. The summed E-state index contributed by atoms with van der Waals surface area (Å²) >= 11 is 0. The maximum atomic E-state index is 5.28. The highest BCUT2D eigenvalue weighted by molar-refractivity contribution is 5.57. The van der Waals surface area contributed by atoms with Crippen LogP contribution in [-0.4, -0.2) is 7.11 Å². The second-order valence-corrected chi connectivity index (χ2v) is 4.91. The van der Waals surface area contributed by atoms with Crippen molar-refractivity contribution in [3.05, 3.63) is 41.1 Å². The summed E-state index contributed by atoms with van der Waals surface area (Å²) in [6.45, 7) is 8.66. The van der Waals surface area contributed by atoms with Gasteiger partial charge in [0.1, 0.15) is 5.75 Å². The molecule has 0 spiro atoms. The number of rotatable bonds is 2. The van der Waals surface area contributed by atoms with Gasteiger partial charge in [-0.3, -0.25) is 0 Å². The Kier molecular flexibility index (Phi) is 3.98. The maximum Gasteiger partial charge on any atom is 0.126 e. The predicted molar refractivity (Wildman–Crippen MR) is 69.6 cm³/mol. The van der Waals surface area contributed by atoms with Crippen LogP contribution in [0.1, 0.15) is 33.3 Å². The van der Waals surface area contributed by atoms with Gasteiger partial charge in [0.25, 0.3) is 0 Å². The fraction of sp³-hybridized carbons (Fsp3) is 0.400. The molecule has 1 aromatic carbocycles. The van der Waals surface area contributed by atoms with E-state index in [-0.39, 0.29) is 5.41 Å². The van der Waals surface area contributed by atoms with E-state index in [1.54, 1.807) is 7.11 Å². The molecule has 0 aliphatic heterocycles. The average Bonchev–Trinajstić information content (AvgIpc) is 2.24. The summed E-state index contributed by atoms with van der Waals surface area (Å²) in [7, 11) is 1.69. The van der Waals surface area contributed by atoms with Crippen molar-refractivity contribution in [3.8, 4) is 5.75 Å². The molecule has 0 fully saturated rings. The molecule has 0 aliphatic rings. The Hall–Kier alpha value is -1.46. The van der Waals surface area contributed by atoms with Crippen LogP contribution in [0, 0.1) is 5.41 Å². The van der Waals surface area contributed by atoms with Gasteiger partial charge in [-0.2, -0.15) is 0 Å². The zero-order chi connectivity index (χ0) is 12.2. The first-order chi connectivity index (χ1) is 7.45. The predicted octanol–water partition coefficient (Wildman–Crippen LogP) is 4.30. The SMILES string of the molecule is COc1ccccc1C=C=C(C)C(C)(C)C. The Morgan fingerprint density at radius 2 is 1.88 bits per heavy atom. The van der Waals surface area contributed by atoms with Crippen LogP contribution < -0.4 is 4.74 Å². The molecule has 0 amide bonds. The molecule has 0 radical (unpaired) electrons. The van der Waals surface area contributed by atoms with Crippen LogP contribution in [0.15, 0.2) is 35.6 Å². The van der Waals surface area contributed by atoms with Gasteiger partial charge in [0.15, 0.2) is 0 Å². The summed E-state index contributed by atoms with van der Waals surface area (Å²) in [6.07, 6.45) is 1.99. The fourth-order valence-electron chi connectivity index (χ4n) is 1.19. The molecule has 1 aromatic rings. The van der Waals surface area contributed by atoms with E-state index in [1.165, 1.54) is 5.57 Å². The Bertz CT molecular complexity index is 415.